The predicted octanol–water partition coefficient (Wildman–Crippen LogP) is -11.3. The van der Waals surface area contributed by atoms with Crippen molar-refractivity contribution in [2.75, 3.05) is 59.1 Å². The van der Waals surface area contributed by atoms with Crippen LogP contribution in [0.4, 0.5) is 0 Å². The fourth-order valence-corrected chi connectivity index (χ4v) is 8.91. The number of nitrogens with two attached hydrogens (primary N) is 2. The Balaban J connectivity index is 1.72. The molecule has 1 aromatic heterocycles. The molecule has 3 rings (SSSR count). The van der Waals surface area contributed by atoms with Crippen molar-refractivity contribution < 1.29 is 103 Å². The van der Waals surface area contributed by atoms with Gasteiger partial charge in [-0.15, -0.1) is 0 Å². The highest BCUT2D eigenvalue weighted by atomic mass is 16.4. The smallest absolute Gasteiger partial charge is 0.328 e. The van der Waals surface area contributed by atoms with Gasteiger partial charge in [0.2, 0.25) is 76.8 Å². The average molecular weight is 1290 g/mol. The monoisotopic (exact) mass is 1290 g/mol. The molecule has 2 heterocycles. The zero-order chi connectivity index (χ0) is 68.2. The lowest BCUT2D eigenvalue weighted by atomic mass is 10.0. The number of carboxylic acid groups (broad SMARTS) is 1. The molecule has 1 aromatic carbocycles. The number of carbonyl (C=O) groups excluding carboxylic acids is 13. The molecule has 0 radical (unpaired) electrons. The van der Waals surface area contributed by atoms with Crippen LogP contribution in [0.25, 0.3) is 10.9 Å². The van der Waals surface area contributed by atoms with E-state index in [2.05, 4.69) is 63.5 Å². The number of rotatable bonds is 38. The van der Waals surface area contributed by atoms with E-state index in [4.69, 9.17) is 21.7 Å². The molecule has 37 heteroatoms. The number of aromatic nitrogens is 1. The molecule has 37 nitrogen and oxygen atoms in total. The second kappa shape index (κ2) is 37.9. The number of aliphatic hydroxyl groups excluding tert-OH is 6. The predicted molar refractivity (Wildman–Crippen MR) is 315 cm³/mol. The Morgan fingerprint density at radius 3 is 1.67 bits per heavy atom. The van der Waals surface area contributed by atoms with Crippen molar-refractivity contribution in [3.8, 4) is 0 Å². The van der Waals surface area contributed by atoms with Gasteiger partial charge in [-0.2, -0.15) is 0 Å². The quantitative estimate of drug-likeness (QED) is 0.0278. The summed E-state index contributed by atoms with van der Waals surface area (Å²) in [5.41, 5.74) is 12.3. The summed E-state index contributed by atoms with van der Waals surface area (Å²) >= 11 is 0. The summed E-state index contributed by atoms with van der Waals surface area (Å²) in [6.45, 7) is -1.02. The Hall–Kier alpha value is -8.98. The first-order valence-corrected chi connectivity index (χ1v) is 28.9. The lowest BCUT2D eigenvalue weighted by Crippen LogP contribution is -2.62. The van der Waals surface area contributed by atoms with E-state index in [1.807, 2.05) is 5.32 Å². The minimum atomic E-state index is -1.84. The third-order valence-electron chi connectivity index (χ3n) is 14.0. The molecule has 2 aromatic rings. The molecular weight excluding hydrogens is 1210 g/mol. The van der Waals surface area contributed by atoms with E-state index in [1.165, 1.54) is 4.90 Å². The van der Waals surface area contributed by atoms with Crippen LogP contribution in [0.3, 0.4) is 0 Å². The van der Waals surface area contributed by atoms with Gasteiger partial charge in [0.05, 0.1) is 64.3 Å². The van der Waals surface area contributed by atoms with Gasteiger partial charge < -0.3 is 121 Å². The van der Waals surface area contributed by atoms with Gasteiger partial charge in [0, 0.05) is 30.1 Å². The summed E-state index contributed by atoms with van der Waals surface area (Å²) in [6, 6.07) is -8.68. The van der Waals surface area contributed by atoms with Gasteiger partial charge in [-0.25, -0.2) is 4.79 Å². The number of benzene rings is 1. The lowest BCUT2D eigenvalue weighted by molar-refractivity contribution is -0.143. The van der Waals surface area contributed by atoms with Crippen LogP contribution in [0, 0.1) is 0 Å². The van der Waals surface area contributed by atoms with Crippen LogP contribution < -0.4 is 75.3 Å². The van der Waals surface area contributed by atoms with E-state index < -0.39 is 207 Å². The SMILES string of the molecule is C[C@H](NC(=O)[C@@H](NC(=O)CNC(=O)CNC(=O)[C@@H](NC(=O)CNC(=O)[C@@H](N)CO)[C@@H](C)O)[C@@H](C)O)C(=O)N[C@H](C(=O)N[C@@H](Cc1c[nH]c2ccccc12)C(=O)N[C@@H](CCCCN)C(=O)N1CCC[C@H]1C(=O)NCC(=O)N[C@@H](CO)C(=O)N[C@@H](CO)C(=O)O)[C@@H](C)O. The normalized spacial score (nSPS) is 16.7. The average Bonchev–Trinajstić information content (AvgIpc) is 1.91. The topological polar surface area (TPSA) is 596 Å². The van der Waals surface area contributed by atoms with E-state index >= 15 is 0 Å². The molecule has 13 amide bonds. The summed E-state index contributed by atoms with van der Waals surface area (Å²) < 4.78 is 0. The number of H-pyrrole nitrogens is 1. The first-order valence-electron chi connectivity index (χ1n) is 28.9. The summed E-state index contributed by atoms with van der Waals surface area (Å²) in [5, 5.41) is 96.1. The van der Waals surface area contributed by atoms with Crippen LogP contribution in [-0.4, -0.2) is 266 Å². The Labute approximate surface area is 520 Å². The van der Waals surface area contributed by atoms with Crippen molar-refractivity contribution in [2.24, 2.45) is 11.5 Å². The van der Waals surface area contributed by atoms with Gasteiger partial charge in [-0.05, 0) is 78.0 Å². The number of hydrogen-bond acceptors (Lipinski definition) is 22. The molecule has 24 N–H and O–H groups in total. The lowest BCUT2D eigenvalue weighted by Gasteiger charge is -2.30. The molecule has 506 valence electrons. The molecule has 0 aliphatic carbocycles. The van der Waals surface area contributed by atoms with Crippen molar-refractivity contribution in [3.63, 3.8) is 0 Å². The number of aliphatic hydroxyl groups is 6. The van der Waals surface area contributed by atoms with Crippen molar-refractivity contribution in [1.29, 1.82) is 0 Å². The number of nitrogens with zero attached hydrogens (tertiary/aromatic N) is 1. The van der Waals surface area contributed by atoms with Crippen LogP contribution in [0.15, 0.2) is 30.5 Å². The van der Waals surface area contributed by atoms with Crippen molar-refractivity contribution >= 4 is 93.7 Å². The zero-order valence-corrected chi connectivity index (χ0v) is 50.4. The maximum absolute atomic E-state index is 14.6. The van der Waals surface area contributed by atoms with E-state index in [-0.39, 0.29) is 38.8 Å². The summed E-state index contributed by atoms with van der Waals surface area (Å²) in [6.07, 6.45) is -2.42. The summed E-state index contributed by atoms with van der Waals surface area (Å²) in [7, 11) is 0. The molecule has 1 saturated heterocycles. The first-order chi connectivity index (χ1) is 43.0. The highest BCUT2D eigenvalue weighted by molar-refractivity contribution is 5.99. The van der Waals surface area contributed by atoms with Gasteiger partial charge >= 0.3 is 5.97 Å². The Morgan fingerprint density at radius 2 is 1.08 bits per heavy atom. The molecule has 13 atom stereocenters. The van der Waals surface area contributed by atoms with E-state index in [0.29, 0.717) is 29.3 Å². The number of fused-ring (bicyclic) bond motifs is 1. The van der Waals surface area contributed by atoms with Gasteiger partial charge in [0.25, 0.3) is 0 Å². The Bertz CT molecular complexity index is 2890. The number of aromatic amines is 1. The van der Waals surface area contributed by atoms with Gasteiger partial charge in [-0.3, -0.25) is 62.3 Å². The maximum atomic E-state index is 14.6. The third kappa shape index (κ3) is 24.4. The Morgan fingerprint density at radius 1 is 0.560 bits per heavy atom. The Kier molecular flexibility index (Phi) is 31.8. The fourth-order valence-electron chi connectivity index (χ4n) is 8.91. The van der Waals surface area contributed by atoms with Gasteiger partial charge in [0.15, 0.2) is 0 Å². The molecular formula is C54H84N16O21. The van der Waals surface area contributed by atoms with Crippen LogP contribution in [-0.2, 0) is 73.5 Å². The second-order valence-corrected chi connectivity index (χ2v) is 21.3. The summed E-state index contributed by atoms with van der Waals surface area (Å²) in [4.78, 5) is 187. The fraction of sp³-hybridized carbons (Fsp3) is 0.593. The molecule has 0 spiro atoms. The molecule has 0 unspecified atom stereocenters. The van der Waals surface area contributed by atoms with Crippen LogP contribution in [0.1, 0.15) is 65.4 Å². The number of carbonyl (C=O) groups is 14. The number of amides is 13. The maximum Gasteiger partial charge on any atom is 0.328 e. The molecule has 91 heavy (non-hydrogen) atoms. The number of nitrogens with one attached hydrogen (secondary N) is 13. The number of carboxylic acids is 1. The van der Waals surface area contributed by atoms with E-state index in [1.54, 1.807) is 30.5 Å². The molecule has 0 saturated carbocycles. The molecule has 0 bridgehead atoms. The number of para-hydroxylation sites is 1. The number of aliphatic carboxylic acids is 1. The van der Waals surface area contributed by atoms with Crippen molar-refractivity contribution in [3.05, 3.63) is 36.0 Å². The third-order valence-corrected chi connectivity index (χ3v) is 14.0. The molecule has 1 aliphatic rings. The number of unbranched alkanes of at least 4 members (excludes halogenated alkanes) is 1. The van der Waals surface area contributed by atoms with Crippen LogP contribution in [0.2, 0.25) is 0 Å². The van der Waals surface area contributed by atoms with Crippen molar-refractivity contribution in [1.82, 2.24) is 73.7 Å². The highest BCUT2D eigenvalue weighted by Crippen LogP contribution is 2.22. The minimum Gasteiger partial charge on any atom is -0.480 e. The molecule has 1 fully saturated rings. The second-order valence-electron chi connectivity index (χ2n) is 21.3. The number of hydrogen-bond donors (Lipinski definition) is 22. The molecule has 1 aliphatic heterocycles. The van der Waals surface area contributed by atoms with Gasteiger partial charge in [0.1, 0.15) is 60.4 Å². The zero-order valence-electron chi connectivity index (χ0n) is 50.4. The van der Waals surface area contributed by atoms with Crippen molar-refractivity contribution in [2.45, 2.75) is 145 Å². The van der Waals surface area contributed by atoms with E-state index in [9.17, 15) is 92.7 Å². The van der Waals surface area contributed by atoms with E-state index in [0.717, 1.165) is 27.7 Å². The first kappa shape index (κ1) is 76.3. The standard InChI is InChI=1S/C54H84N16O21/c1-25(62-51(87)43(27(3)75)68-40(79)19-58-38(77)18-61-50(86)42(26(2)74)67-41(80)21-59-46(82)31(56)22-71)45(81)69-44(28(4)76)52(88)65-34(16-29-17-57-32-11-6-5-10-30(29)32)47(83)64-33(12-7-8-14-55)53(89)70-15-9-13-37(70)49(85)60-20-39(78)63-35(23-72)48(84)66-36(24-73)54(90)91/h5-6,10-11,17,25-28,31,33-37,42-44,57,71-76H,7-9,12-16,18-24,55-56H2,1-4H3,(H,58,77)(H,59,82)(H,60,85)(H,61,86)(H,62,87)(H,63,78)(H,64,83)(H,65,88)(H,66,84)(H,67,80)(H,68,79)(H,69,81)(H,90,91)/t25-,26+,27+,28+,31-,33-,34-,35-,36-,37-,42-,43-,44-/m0/s1. The largest absolute Gasteiger partial charge is 0.480 e. The minimum absolute atomic E-state index is 0.0196. The number of likely N-dealkylation sites (tertiary alicyclic amines) is 1. The highest BCUT2D eigenvalue weighted by Gasteiger charge is 2.40. The van der Waals surface area contributed by atoms with Crippen LogP contribution >= 0.6 is 0 Å². The van der Waals surface area contributed by atoms with Gasteiger partial charge in [-0.1, -0.05) is 18.2 Å². The van der Waals surface area contributed by atoms with Crippen LogP contribution in [0.5, 0.6) is 0 Å². The summed E-state index contributed by atoms with van der Waals surface area (Å²) in [5.74, 6) is -14.4.